The molecule has 0 fully saturated rings. The summed E-state index contributed by atoms with van der Waals surface area (Å²) in [4.78, 5) is 40.1. The number of Topliss-reactive ketones (excluding diaryl/α,β-unsaturated/α-hetero) is 1. The molecule has 1 aliphatic rings. The summed E-state index contributed by atoms with van der Waals surface area (Å²) in [6.45, 7) is 5.48. The van der Waals surface area contributed by atoms with Gasteiger partial charge in [0.05, 0.1) is 6.04 Å². The fourth-order valence-corrected chi connectivity index (χ4v) is 3.51. The molecule has 1 atom stereocenters. The largest absolute Gasteiger partial charge is 0.573 e. The Balaban J connectivity index is 1.77. The van der Waals surface area contributed by atoms with E-state index in [4.69, 9.17) is 0 Å². The van der Waals surface area contributed by atoms with Crippen molar-refractivity contribution >= 4 is 11.7 Å². The van der Waals surface area contributed by atoms with Gasteiger partial charge in [0, 0.05) is 17.7 Å². The van der Waals surface area contributed by atoms with Crippen molar-refractivity contribution in [3.8, 4) is 5.75 Å². The fraction of sp³-hybridized carbons (Fsp3) is 0.381. The van der Waals surface area contributed by atoms with Crippen molar-refractivity contribution in [3.05, 3.63) is 63.1 Å². The lowest BCUT2D eigenvalue weighted by molar-refractivity contribution is -0.274. The zero-order valence-electron chi connectivity index (χ0n) is 16.6. The number of benzene rings is 1. The molecular formula is C21H21F3N2O4. The van der Waals surface area contributed by atoms with Gasteiger partial charge in [-0.15, -0.1) is 13.2 Å². The number of pyridine rings is 1. The Morgan fingerprint density at radius 2 is 1.80 bits per heavy atom. The van der Waals surface area contributed by atoms with Crippen LogP contribution in [0.2, 0.25) is 0 Å². The molecule has 0 saturated carbocycles. The summed E-state index contributed by atoms with van der Waals surface area (Å²) in [5.41, 5.74) is 0.313. The molecular weight excluding hydrogens is 401 g/mol. The summed E-state index contributed by atoms with van der Waals surface area (Å²) in [5, 5.41) is 2.63. The predicted octanol–water partition coefficient (Wildman–Crippen LogP) is 3.92. The molecule has 2 N–H and O–H groups in total. The molecule has 1 aliphatic carbocycles. The standard InChI is InChI=1S/C21H21F3N2O4/c1-11(12-4-6-13(7-5-12)30-21(22,23)24)25-18(28)15-8-14-16(26-19(15)29)9-20(2,3)10-17(14)27/h4-8,11H,9-10H2,1-3H3,(H,25,28)(H,26,29). The Morgan fingerprint density at radius 1 is 1.17 bits per heavy atom. The number of fused-ring (bicyclic) bond motifs is 1. The van der Waals surface area contributed by atoms with Gasteiger partial charge in [0.1, 0.15) is 11.3 Å². The number of rotatable bonds is 4. The van der Waals surface area contributed by atoms with Gasteiger partial charge in [-0.3, -0.25) is 14.4 Å². The SMILES string of the molecule is CC(NC(=O)c1cc2c([nH]c1=O)CC(C)(C)CC2=O)c1ccc(OC(F)(F)F)cc1. The van der Waals surface area contributed by atoms with Crippen LogP contribution in [0.4, 0.5) is 13.2 Å². The third-order valence-electron chi connectivity index (χ3n) is 4.92. The highest BCUT2D eigenvalue weighted by atomic mass is 19.4. The average Bonchev–Trinajstić information content (AvgIpc) is 2.59. The normalized spacial score (nSPS) is 16.5. The summed E-state index contributed by atoms with van der Waals surface area (Å²) in [6.07, 6.45) is -3.95. The monoisotopic (exact) mass is 422 g/mol. The maximum atomic E-state index is 12.6. The molecule has 0 spiro atoms. The molecule has 0 saturated heterocycles. The van der Waals surface area contributed by atoms with Gasteiger partial charge in [0.2, 0.25) is 0 Å². The predicted molar refractivity (Wildman–Crippen MR) is 103 cm³/mol. The molecule has 0 aliphatic heterocycles. The molecule has 30 heavy (non-hydrogen) atoms. The first-order chi connectivity index (χ1) is 13.8. The summed E-state index contributed by atoms with van der Waals surface area (Å²) < 4.78 is 40.6. The van der Waals surface area contributed by atoms with E-state index in [1.807, 2.05) is 13.8 Å². The quantitative estimate of drug-likeness (QED) is 0.782. The Bertz CT molecular complexity index is 1040. The third kappa shape index (κ3) is 4.90. The van der Waals surface area contributed by atoms with Gasteiger partial charge in [-0.25, -0.2) is 0 Å². The van der Waals surface area contributed by atoms with Crippen LogP contribution in [0.25, 0.3) is 0 Å². The van der Waals surface area contributed by atoms with E-state index in [1.165, 1.54) is 18.2 Å². The summed E-state index contributed by atoms with van der Waals surface area (Å²) in [5.74, 6) is -1.20. The number of ether oxygens (including phenoxy) is 1. The van der Waals surface area contributed by atoms with Gasteiger partial charge < -0.3 is 15.0 Å². The molecule has 3 rings (SSSR count). The third-order valence-corrected chi connectivity index (χ3v) is 4.92. The number of carbonyl (C=O) groups is 2. The van der Waals surface area contributed by atoms with E-state index in [1.54, 1.807) is 6.92 Å². The van der Waals surface area contributed by atoms with Crippen LogP contribution in [0.3, 0.4) is 0 Å². The Hall–Kier alpha value is -3.10. The second-order valence-corrected chi connectivity index (χ2v) is 8.16. The Labute approximate surface area is 170 Å². The Morgan fingerprint density at radius 3 is 2.40 bits per heavy atom. The summed E-state index contributed by atoms with van der Waals surface area (Å²) in [7, 11) is 0. The number of aromatic nitrogens is 1. The molecule has 0 bridgehead atoms. The first kappa shape index (κ1) is 21.6. The first-order valence-corrected chi connectivity index (χ1v) is 9.31. The molecule has 1 unspecified atom stereocenters. The van der Waals surface area contributed by atoms with Crippen molar-refractivity contribution in [2.75, 3.05) is 0 Å². The van der Waals surface area contributed by atoms with Crippen LogP contribution in [-0.2, 0) is 6.42 Å². The van der Waals surface area contributed by atoms with Gasteiger partial charge in [-0.05, 0) is 42.5 Å². The number of hydrogen-bond acceptors (Lipinski definition) is 4. The molecule has 0 radical (unpaired) electrons. The van der Waals surface area contributed by atoms with Crippen LogP contribution < -0.4 is 15.6 Å². The minimum atomic E-state index is -4.79. The highest BCUT2D eigenvalue weighted by molar-refractivity contribution is 6.02. The summed E-state index contributed by atoms with van der Waals surface area (Å²) in [6, 6.07) is 5.76. The van der Waals surface area contributed by atoms with E-state index < -0.39 is 23.9 Å². The second-order valence-electron chi connectivity index (χ2n) is 8.16. The number of H-pyrrole nitrogens is 1. The maximum Gasteiger partial charge on any atom is 0.573 e. The number of aromatic amines is 1. The van der Waals surface area contributed by atoms with Crippen molar-refractivity contribution in [2.24, 2.45) is 5.41 Å². The molecule has 6 nitrogen and oxygen atoms in total. The number of carbonyl (C=O) groups excluding carboxylic acids is 2. The van der Waals surface area contributed by atoms with Gasteiger partial charge >= 0.3 is 6.36 Å². The van der Waals surface area contributed by atoms with Crippen LogP contribution in [0.15, 0.2) is 35.1 Å². The minimum absolute atomic E-state index is 0.139. The molecule has 1 amide bonds. The number of nitrogens with one attached hydrogen (secondary N) is 2. The van der Waals surface area contributed by atoms with Crippen molar-refractivity contribution < 1.29 is 27.5 Å². The van der Waals surface area contributed by atoms with Gasteiger partial charge in [-0.1, -0.05) is 26.0 Å². The smallest absolute Gasteiger partial charge is 0.406 e. The Kier molecular flexibility index (Phi) is 5.49. The number of halogens is 3. The van der Waals surface area contributed by atoms with Crippen LogP contribution in [0, 0.1) is 5.41 Å². The van der Waals surface area contributed by atoms with Crippen LogP contribution in [0.1, 0.15) is 65.2 Å². The van der Waals surface area contributed by atoms with Crippen LogP contribution in [0.5, 0.6) is 5.75 Å². The zero-order chi connectivity index (χ0) is 22.3. The molecule has 1 aromatic carbocycles. The van der Waals surface area contributed by atoms with Crippen molar-refractivity contribution in [1.82, 2.24) is 10.3 Å². The van der Waals surface area contributed by atoms with E-state index in [-0.39, 0.29) is 22.5 Å². The molecule has 1 aromatic heterocycles. The number of amides is 1. The molecule has 160 valence electrons. The maximum absolute atomic E-state index is 12.6. The van der Waals surface area contributed by atoms with Crippen LogP contribution in [-0.4, -0.2) is 23.0 Å². The highest BCUT2D eigenvalue weighted by Gasteiger charge is 2.33. The van der Waals surface area contributed by atoms with Gasteiger partial charge in [0.25, 0.3) is 11.5 Å². The van der Waals surface area contributed by atoms with E-state index in [0.29, 0.717) is 29.7 Å². The highest BCUT2D eigenvalue weighted by Crippen LogP contribution is 2.33. The zero-order valence-corrected chi connectivity index (χ0v) is 16.6. The lowest BCUT2D eigenvalue weighted by Crippen LogP contribution is -2.35. The fourth-order valence-electron chi connectivity index (χ4n) is 3.51. The second kappa shape index (κ2) is 7.62. The van der Waals surface area contributed by atoms with Crippen molar-refractivity contribution in [3.63, 3.8) is 0 Å². The molecule has 2 aromatic rings. The molecule has 9 heteroatoms. The van der Waals surface area contributed by atoms with Crippen molar-refractivity contribution in [2.45, 2.75) is 46.0 Å². The van der Waals surface area contributed by atoms with E-state index in [9.17, 15) is 27.6 Å². The van der Waals surface area contributed by atoms with Gasteiger partial charge in [-0.2, -0.15) is 0 Å². The van der Waals surface area contributed by atoms with E-state index in [2.05, 4.69) is 15.0 Å². The van der Waals surface area contributed by atoms with Crippen LogP contribution >= 0.6 is 0 Å². The topological polar surface area (TPSA) is 88.3 Å². The average molecular weight is 422 g/mol. The number of ketones is 1. The lowest BCUT2D eigenvalue weighted by atomic mass is 9.75. The van der Waals surface area contributed by atoms with Crippen molar-refractivity contribution in [1.29, 1.82) is 0 Å². The first-order valence-electron chi connectivity index (χ1n) is 9.31. The number of alkyl halides is 3. The summed E-state index contributed by atoms with van der Waals surface area (Å²) >= 11 is 0. The van der Waals surface area contributed by atoms with E-state index in [0.717, 1.165) is 12.1 Å². The van der Waals surface area contributed by atoms with Gasteiger partial charge in [0.15, 0.2) is 5.78 Å². The van der Waals surface area contributed by atoms with E-state index >= 15 is 0 Å². The minimum Gasteiger partial charge on any atom is -0.406 e. The number of hydrogen-bond donors (Lipinski definition) is 2. The molecule has 1 heterocycles. The lowest BCUT2D eigenvalue weighted by Gasteiger charge is -2.29.